The van der Waals surface area contributed by atoms with E-state index in [1.807, 2.05) is 6.92 Å². The maximum Gasteiger partial charge on any atom is 0.150 e. The quantitative estimate of drug-likeness (QED) is 0.844. The Balaban J connectivity index is 2.62. The van der Waals surface area contributed by atoms with Crippen molar-refractivity contribution in [2.45, 2.75) is 6.92 Å². The van der Waals surface area contributed by atoms with Crippen LogP contribution in [-0.4, -0.2) is 17.1 Å². The van der Waals surface area contributed by atoms with Crippen LogP contribution in [0.15, 0.2) is 18.2 Å². The first-order valence-corrected chi connectivity index (χ1v) is 5.15. The van der Waals surface area contributed by atoms with Crippen molar-refractivity contribution in [1.82, 2.24) is 9.97 Å². The van der Waals surface area contributed by atoms with Crippen molar-refractivity contribution in [2.24, 2.45) is 0 Å². The number of aryl methyl sites for hydroxylation is 1. The maximum atomic E-state index is 5.95. The van der Waals surface area contributed by atoms with Gasteiger partial charge in [-0.3, -0.25) is 0 Å². The largest absolute Gasteiger partial charge is 0.496 e. The van der Waals surface area contributed by atoms with Crippen LogP contribution in [0.25, 0.3) is 11.3 Å². The lowest BCUT2D eigenvalue weighted by molar-refractivity contribution is 0.416. The lowest BCUT2D eigenvalue weighted by atomic mass is 10.1. The molecule has 4 nitrogen and oxygen atoms in total. The smallest absolute Gasteiger partial charge is 0.150 e. The molecule has 3 N–H and O–H groups in total. The van der Waals surface area contributed by atoms with E-state index in [2.05, 4.69) is 9.97 Å². The minimum Gasteiger partial charge on any atom is -0.496 e. The van der Waals surface area contributed by atoms with Gasteiger partial charge in [-0.05, 0) is 25.1 Å². The summed E-state index contributed by atoms with van der Waals surface area (Å²) in [5.74, 6) is 1.91. The number of benzene rings is 1. The molecule has 5 heteroatoms. The van der Waals surface area contributed by atoms with Gasteiger partial charge in [-0.1, -0.05) is 11.6 Å². The van der Waals surface area contributed by atoms with E-state index >= 15 is 0 Å². The molecule has 1 aromatic heterocycles. The molecule has 0 bridgehead atoms. The number of hydrogen-bond donors (Lipinski definition) is 2. The second-order valence-corrected chi connectivity index (χ2v) is 3.86. The highest BCUT2D eigenvalue weighted by atomic mass is 35.5. The Kier molecular flexibility index (Phi) is 2.75. The molecule has 84 valence electrons. The number of nitrogens with one attached hydrogen (secondary N) is 1. The van der Waals surface area contributed by atoms with Crippen molar-refractivity contribution in [2.75, 3.05) is 12.8 Å². The van der Waals surface area contributed by atoms with E-state index in [1.54, 1.807) is 25.3 Å². The fraction of sp³-hybridized carbons (Fsp3) is 0.182. The van der Waals surface area contributed by atoms with E-state index < -0.39 is 0 Å². The zero-order valence-electron chi connectivity index (χ0n) is 9.04. The number of nitrogen functional groups attached to an aromatic ring is 1. The molecule has 0 atom stereocenters. The number of ether oxygens (including phenoxy) is 1. The number of H-pyrrole nitrogens is 1. The topological polar surface area (TPSA) is 63.9 Å². The van der Waals surface area contributed by atoms with E-state index in [0.717, 1.165) is 17.1 Å². The first kappa shape index (κ1) is 10.8. The van der Waals surface area contributed by atoms with Gasteiger partial charge in [0.15, 0.2) is 0 Å². The molecule has 1 aromatic carbocycles. The summed E-state index contributed by atoms with van der Waals surface area (Å²) in [7, 11) is 1.60. The molecule has 0 aliphatic rings. The molecule has 0 unspecified atom stereocenters. The van der Waals surface area contributed by atoms with Crippen molar-refractivity contribution < 1.29 is 4.74 Å². The highest BCUT2D eigenvalue weighted by Gasteiger charge is 2.12. The number of anilines is 1. The molecule has 2 rings (SSSR count). The fourth-order valence-electron chi connectivity index (χ4n) is 1.59. The number of imidazole rings is 1. The molecule has 2 aromatic rings. The molecular weight excluding hydrogens is 226 g/mol. The van der Waals surface area contributed by atoms with Gasteiger partial charge in [-0.15, -0.1) is 0 Å². The van der Waals surface area contributed by atoms with E-state index in [-0.39, 0.29) is 0 Å². The average Bonchev–Trinajstić information content (AvgIpc) is 2.57. The summed E-state index contributed by atoms with van der Waals surface area (Å²) >= 11 is 5.95. The monoisotopic (exact) mass is 237 g/mol. The number of hydrogen-bond acceptors (Lipinski definition) is 3. The van der Waals surface area contributed by atoms with E-state index in [1.165, 1.54) is 0 Å². The third-order valence-electron chi connectivity index (χ3n) is 2.28. The predicted octanol–water partition coefficient (Wildman–Crippen LogP) is 2.63. The number of halogens is 1. The molecular formula is C11H12ClN3O. The molecule has 0 aliphatic heterocycles. The molecule has 0 saturated heterocycles. The van der Waals surface area contributed by atoms with Crippen LogP contribution in [0.2, 0.25) is 5.02 Å². The van der Waals surface area contributed by atoms with Crippen LogP contribution < -0.4 is 10.5 Å². The van der Waals surface area contributed by atoms with Gasteiger partial charge < -0.3 is 15.5 Å². The Morgan fingerprint density at radius 2 is 2.19 bits per heavy atom. The summed E-state index contributed by atoms with van der Waals surface area (Å²) in [5.41, 5.74) is 7.35. The van der Waals surface area contributed by atoms with Crippen molar-refractivity contribution in [1.29, 1.82) is 0 Å². The van der Waals surface area contributed by atoms with E-state index in [0.29, 0.717) is 16.6 Å². The summed E-state index contributed by atoms with van der Waals surface area (Å²) < 4.78 is 5.26. The van der Waals surface area contributed by atoms with Gasteiger partial charge in [-0.2, -0.15) is 0 Å². The lowest BCUT2D eigenvalue weighted by Gasteiger charge is -2.07. The first-order chi connectivity index (χ1) is 7.61. The molecule has 0 radical (unpaired) electrons. The lowest BCUT2D eigenvalue weighted by Crippen LogP contribution is -1.92. The van der Waals surface area contributed by atoms with Gasteiger partial charge in [-0.25, -0.2) is 4.98 Å². The SMILES string of the molecule is COc1ccc(Cl)cc1-c1[nH]c(C)nc1N. The summed E-state index contributed by atoms with van der Waals surface area (Å²) in [4.78, 5) is 7.20. The van der Waals surface area contributed by atoms with Crippen molar-refractivity contribution in [3.63, 3.8) is 0 Å². The Labute approximate surface area is 98.4 Å². The van der Waals surface area contributed by atoms with Gasteiger partial charge in [0.2, 0.25) is 0 Å². The Morgan fingerprint density at radius 3 is 2.75 bits per heavy atom. The highest BCUT2D eigenvalue weighted by Crippen LogP contribution is 2.34. The summed E-state index contributed by atoms with van der Waals surface area (Å²) in [6, 6.07) is 5.36. The second kappa shape index (κ2) is 4.06. The number of aromatic nitrogens is 2. The Bertz CT molecular complexity index is 522. The Hall–Kier alpha value is -1.68. The molecule has 0 fully saturated rings. The summed E-state index contributed by atoms with van der Waals surface area (Å²) in [6.45, 7) is 1.84. The van der Waals surface area contributed by atoms with Crippen LogP contribution in [0.4, 0.5) is 5.82 Å². The van der Waals surface area contributed by atoms with Crippen molar-refractivity contribution >= 4 is 17.4 Å². The van der Waals surface area contributed by atoms with Gasteiger partial charge in [0.25, 0.3) is 0 Å². The van der Waals surface area contributed by atoms with E-state index in [9.17, 15) is 0 Å². The first-order valence-electron chi connectivity index (χ1n) is 4.78. The number of nitrogens with two attached hydrogens (primary N) is 1. The Morgan fingerprint density at radius 1 is 1.44 bits per heavy atom. The van der Waals surface area contributed by atoms with Crippen LogP contribution in [0.5, 0.6) is 5.75 Å². The maximum absolute atomic E-state index is 5.95. The minimum absolute atomic E-state index is 0.443. The van der Waals surface area contributed by atoms with Crippen LogP contribution >= 0.6 is 11.6 Å². The van der Waals surface area contributed by atoms with Gasteiger partial charge in [0.1, 0.15) is 17.4 Å². The van der Waals surface area contributed by atoms with E-state index in [4.69, 9.17) is 22.1 Å². The van der Waals surface area contributed by atoms with Gasteiger partial charge in [0.05, 0.1) is 12.8 Å². The third-order valence-corrected chi connectivity index (χ3v) is 2.52. The van der Waals surface area contributed by atoms with Crippen molar-refractivity contribution in [3.8, 4) is 17.0 Å². The number of nitrogens with zero attached hydrogens (tertiary/aromatic N) is 1. The van der Waals surface area contributed by atoms with Gasteiger partial charge in [0, 0.05) is 10.6 Å². The molecule has 1 heterocycles. The van der Waals surface area contributed by atoms with Crippen LogP contribution in [0.3, 0.4) is 0 Å². The number of rotatable bonds is 2. The highest BCUT2D eigenvalue weighted by molar-refractivity contribution is 6.31. The fourth-order valence-corrected chi connectivity index (χ4v) is 1.76. The normalized spacial score (nSPS) is 10.4. The average molecular weight is 238 g/mol. The molecule has 0 saturated carbocycles. The standard InChI is InChI=1S/C11H12ClN3O/c1-6-14-10(11(13)15-6)8-5-7(12)3-4-9(8)16-2/h3-5H,13H2,1-2H3,(H,14,15). The molecule has 16 heavy (non-hydrogen) atoms. The molecule has 0 spiro atoms. The zero-order valence-corrected chi connectivity index (χ0v) is 9.80. The third kappa shape index (κ3) is 1.84. The van der Waals surface area contributed by atoms with Crippen molar-refractivity contribution in [3.05, 3.63) is 29.0 Å². The summed E-state index contributed by atoms with van der Waals surface area (Å²) in [5, 5.41) is 0.627. The molecule has 0 amide bonds. The van der Waals surface area contributed by atoms with Crippen LogP contribution in [0.1, 0.15) is 5.82 Å². The number of aromatic amines is 1. The minimum atomic E-state index is 0.443. The van der Waals surface area contributed by atoms with Crippen LogP contribution in [-0.2, 0) is 0 Å². The predicted molar refractivity (Wildman–Crippen MR) is 64.7 cm³/mol. The van der Waals surface area contributed by atoms with Crippen LogP contribution in [0, 0.1) is 6.92 Å². The number of methoxy groups -OCH3 is 1. The zero-order chi connectivity index (χ0) is 11.7. The summed E-state index contributed by atoms with van der Waals surface area (Å²) in [6.07, 6.45) is 0. The van der Waals surface area contributed by atoms with Gasteiger partial charge >= 0.3 is 0 Å². The second-order valence-electron chi connectivity index (χ2n) is 3.43. The molecule has 0 aliphatic carbocycles.